The Morgan fingerprint density at radius 2 is 2.35 bits per heavy atom. The number of likely N-dealkylation sites (N-methyl/N-ethyl adjacent to an activating group) is 1. The van der Waals surface area contributed by atoms with Crippen LogP contribution >= 0.6 is 23.1 Å². The minimum atomic E-state index is -0.279. The fourth-order valence-electron chi connectivity index (χ4n) is 2.07. The number of aromatic nitrogens is 1. The summed E-state index contributed by atoms with van der Waals surface area (Å²) in [6, 6.07) is 6.08. The average Bonchev–Trinajstić information content (AvgIpc) is 3.11. The normalized spacial score (nSPS) is 18.3. The number of hydrogen-bond acceptors (Lipinski definition) is 5. The molecule has 0 radical (unpaired) electrons. The van der Waals surface area contributed by atoms with Gasteiger partial charge < -0.3 is 5.32 Å². The Morgan fingerprint density at radius 1 is 1.50 bits per heavy atom. The first-order chi connectivity index (χ1) is 9.71. The van der Waals surface area contributed by atoms with Crippen molar-refractivity contribution in [1.29, 1.82) is 0 Å². The van der Waals surface area contributed by atoms with Gasteiger partial charge in [0.15, 0.2) is 0 Å². The second kappa shape index (κ2) is 5.54. The molecule has 0 spiro atoms. The van der Waals surface area contributed by atoms with Crippen molar-refractivity contribution in [1.82, 2.24) is 10.3 Å². The molecule has 2 aromatic rings. The predicted octanol–water partition coefficient (Wildman–Crippen LogP) is 2.47. The minimum absolute atomic E-state index is 0.0260. The van der Waals surface area contributed by atoms with Crippen LogP contribution in [0.1, 0.15) is 17.5 Å². The highest BCUT2D eigenvalue weighted by Gasteiger charge is 2.26. The van der Waals surface area contributed by atoms with Crippen LogP contribution in [0, 0.1) is 0 Å². The van der Waals surface area contributed by atoms with E-state index < -0.39 is 0 Å². The van der Waals surface area contributed by atoms with E-state index in [4.69, 9.17) is 0 Å². The molecular weight excluding hydrogens is 290 g/mol. The molecule has 6 heteroatoms. The molecule has 1 aliphatic rings. The summed E-state index contributed by atoms with van der Waals surface area (Å²) in [7, 11) is 1.64. The van der Waals surface area contributed by atoms with Crippen LogP contribution in [-0.4, -0.2) is 34.8 Å². The van der Waals surface area contributed by atoms with Gasteiger partial charge in [0, 0.05) is 12.8 Å². The van der Waals surface area contributed by atoms with E-state index in [0.29, 0.717) is 5.75 Å². The highest BCUT2D eigenvalue weighted by Crippen LogP contribution is 2.30. The number of fused-ring (bicyclic) bond motifs is 1. The number of hydrogen-bond donors (Lipinski definition) is 1. The predicted molar refractivity (Wildman–Crippen MR) is 85.8 cm³/mol. The summed E-state index contributed by atoms with van der Waals surface area (Å²) in [6.07, 6.45) is 1.03. The molecule has 1 unspecified atom stereocenters. The standard InChI is InChI=1S/C14H15N3OS2/c1-3-8-4-5-9-11(6-8)20-14(16-9)13-17-10(7-19-13)12(18)15-2/h4-6,10H,3,7H2,1-2H3,(H,15,18). The molecule has 1 atom stereocenters. The highest BCUT2D eigenvalue weighted by molar-refractivity contribution is 8.15. The van der Waals surface area contributed by atoms with Crippen molar-refractivity contribution in [2.45, 2.75) is 19.4 Å². The topological polar surface area (TPSA) is 54.4 Å². The Labute approximate surface area is 125 Å². The molecule has 1 aromatic heterocycles. The van der Waals surface area contributed by atoms with E-state index in [0.717, 1.165) is 22.0 Å². The summed E-state index contributed by atoms with van der Waals surface area (Å²) in [5.41, 5.74) is 2.32. The summed E-state index contributed by atoms with van der Waals surface area (Å²) >= 11 is 3.26. The van der Waals surface area contributed by atoms with Crippen molar-refractivity contribution >= 4 is 44.3 Å². The molecule has 0 saturated heterocycles. The van der Waals surface area contributed by atoms with Crippen LogP contribution < -0.4 is 5.32 Å². The summed E-state index contributed by atoms with van der Waals surface area (Å²) in [5.74, 6) is 0.674. The summed E-state index contributed by atoms with van der Waals surface area (Å²) in [5, 5.41) is 4.45. The average molecular weight is 305 g/mol. The van der Waals surface area contributed by atoms with E-state index in [1.807, 2.05) is 0 Å². The maximum absolute atomic E-state index is 11.6. The summed E-state index contributed by atoms with van der Waals surface area (Å²) in [4.78, 5) is 20.7. The number of aryl methyl sites for hydroxylation is 1. The zero-order valence-electron chi connectivity index (χ0n) is 11.3. The molecule has 0 aliphatic carbocycles. The van der Waals surface area contributed by atoms with Gasteiger partial charge in [-0.2, -0.15) is 0 Å². The third kappa shape index (κ3) is 2.45. The van der Waals surface area contributed by atoms with Crippen molar-refractivity contribution < 1.29 is 4.79 Å². The van der Waals surface area contributed by atoms with Gasteiger partial charge in [-0.3, -0.25) is 9.79 Å². The van der Waals surface area contributed by atoms with Crippen LogP contribution in [0.3, 0.4) is 0 Å². The number of amides is 1. The maximum atomic E-state index is 11.6. The lowest BCUT2D eigenvalue weighted by Crippen LogP contribution is -2.30. The molecular formula is C14H15N3OS2. The Balaban J connectivity index is 1.93. The van der Waals surface area contributed by atoms with Gasteiger partial charge >= 0.3 is 0 Å². The number of nitrogens with one attached hydrogen (secondary N) is 1. The van der Waals surface area contributed by atoms with Gasteiger partial charge in [-0.1, -0.05) is 13.0 Å². The number of carbonyl (C=O) groups excluding carboxylic acids is 1. The highest BCUT2D eigenvalue weighted by atomic mass is 32.2. The van der Waals surface area contributed by atoms with Gasteiger partial charge in [-0.05, 0) is 24.1 Å². The van der Waals surface area contributed by atoms with Gasteiger partial charge in [0.25, 0.3) is 0 Å². The van der Waals surface area contributed by atoms with Crippen LogP contribution in [0.5, 0.6) is 0 Å². The summed E-state index contributed by atoms with van der Waals surface area (Å²) in [6.45, 7) is 2.15. The number of rotatable bonds is 3. The van der Waals surface area contributed by atoms with E-state index in [9.17, 15) is 4.79 Å². The molecule has 3 rings (SSSR count). The zero-order chi connectivity index (χ0) is 14.1. The third-order valence-corrected chi connectivity index (χ3v) is 5.45. The maximum Gasteiger partial charge on any atom is 0.245 e. The van der Waals surface area contributed by atoms with Gasteiger partial charge in [0.2, 0.25) is 5.91 Å². The van der Waals surface area contributed by atoms with Crippen LogP contribution in [0.2, 0.25) is 0 Å². The van der Waals surface area contributed by atoms with Gasteiger partial charge in [0.05, 0.1) is 10.2 Å². The van der Waals surface area contributed by atoms with E-state index in [1.54, 1.807) is 30.1 Å². The number of benzene rings is 1. The lowest BCUT2D eigenvalue weighted by molar-refractivity contribution is -0.121. The lowest BCUT2D eigenvalue weighted by Gasteiger charge is -2.01. The number of thioether (sulfide) groups is 1. The van der Waals surface area contributed by atoms with Crippen molar-refractivity contribution in [3.8, 4) is 0 Å². The van der Waals surface area contributed by atoms with Gasteiger partial charge in [-0.15, -0.1) is 23.1 Å². The second-order valence-corrected chi connectivity index (χ2v) is 6.59. The van der Waals surface area contributed by atoms with Crippen molar-refractivity contribution in [2.75, 3.05) is 12.8 Å². The molecule has 1 aromatic carbocycles. The molecule has 4 nitrogen and oxygen atoms in total. The Hall–Kier alpha value is -1.40. The SMILES string of the molecule is CCc1ccc2nc(C3=NC(C(=O)NC)CS3)sc2c1. The zero-order valence-corrected chi connectivity index (χ0v) is 13.0. The first-order valence-electron chi connectivity index (χ1n) is 6.53. The van der Waals surface area contributed by atoms with Crippen molar-refractivity contribution in [3.05, 3.63) is 28.8 Å². The van der Waals surface area contributed by atoms with E-state index in [-0.39, 0.29) is 11.9 Å². The first kappa shape index (κ1) is 13.6. The Morgan fingerprint density at radius 3 is 3.10 bits per heavy atom. The number of carbonyl (C=O) groups is 1. The van der Waals surface area contributed by atoms with Crippen LogP contribution in [0.15, 0.2) is 23.2 Å². The molecule has 104 valence electrons. The molecule has 0 saturated carbocycles. The van der Waals surface area contributed by atoms with Crippen LogP contribution in [-0.2, 0) is 11.2 Å². The fourth-order valence-corrected chi connectivity index (χ4v) is 4.21. The monoisotopic (exact) mass is 305 g/mol. The Bertz CT molecular complexity index is 693. The molecule has 1 aliphatic heterocycles. The quantitative estimate of drug-likeness (QED) is 0.948. The summed E-state index contributed by atoms with van der Waals surface area (Å²) < 4.78 is 1.19. The van der Waals surface area contributed by atoms with Crippen LogP contribution in [0.25, 0.3) is 10.2 Å². The minimum Gasteiger partial charge on any atom is -0.357 e. The molecule has 1 N–H and O–H groups in total. The molecule has 0 fully saturated rings. The van der Waals surface area contributed by atoms with Crippen molar-refractivity contribution in [2.24, 2.45) is 4.99 Å². The largest absolute Gasteiger partial charge is 0.357 e. The Kier molecular flexibility index (Phi) is 3.76. The molecule has 20 heavy (non-hydrogen) atoms. The molecule has 1 amide bonds. The molecule has 0 bridgehead atoms. The number of aliphatic imine (C=N–C) groups is 1. The van der Waals surface area contributed by atoms with E-state index in [1.165, 1.54) is 10.3 Å². The van der Waals surface area contributed by atoms with Gasteiger partial charge in [0.1, 0.15) is 16.1 Å². The second-order valence-electron chi connectivity index (χ2n) is 4.55. The lowest BCUT2D eigenvalue weighted by atomic mass is 10.2. The number of thiazole rings is 1. The van der Waals surface area contributed by atoms with E-state index >= 15 is 0 Å². The number of nitrogens with zero attached hydrogens (tertiary/aromatic N) is 2. The first-order valence-corrected chi connectivity index (χ1v) is 8.33. The van der Waals surface area contributed by atoms with E-state index in [2.05, 4.69) is 40.4 Å². The van der Waals surface area contributed by atoms with Crippen molar-refractivity contribution in [3.63, 3.8) is 0 Å². The third-order valence-electron chi connectivity index (χ3n) is 3.24. The van der Waals surface area contributed by atoms with Gasteiger partial charge in [-0.25, -0.2) is 4.98 Å². The smallest absolute Gasteiger partial charge is 0.245 e. The molecule has 2 heterocycles. The fraction of sp³-hybridized carbons (Fsp3) is 0.357. The van der Waals surface area contributed by atoms with Crippen LogP contribution in [0.4, 0.5) is 0 Å².